The zero-order valence-electron chi connectivity index (χ0n) is 16.0. The van der Waals surface area contributed by atoms with Crippen molar-refractivity contribution in [1.29, 1.82) is 0 Å². The van der Waals surface area contributed by atoms with Crippen LogP contribution in [0.5, 0.6) is 5.75 Å². The minimum atomic E-state index is -0.136. The van der Waals surface area contributed by atoms with Gasteiger partial charge in [-0.3, -0.25) is 14.9 Å². The van der Waals surface area contributed by atoms with E-state index in [2.05, 4.69) is 20.2 Å². The number of carbonyl (C=O) groups excluding carboxylic acids is 1. The molecule has 144 valence electrons. The fourth-order valence-corrected chi connectivity index (χ4v) is 3.64. The Morgan fingerprint density at radius 2 is 2.11 bits per heavy atom. The van der Waals surface area contributed by atoms with Crippen LogP contribution >= 0.6 is 0 Å². The van der Waals surface area contributed by atoms with Gasteiger partial charge in [-0.25, -0.2) is 4.79 Å². The largest absolute Gasteiger partial charge is 0.495 e. The maximum Gasteiger partial charge on any atom is 0.321 e. The summed E-state index contributed by atoms with van der Waals surface area (Å²) in [7, 11) is 3.45. The molecule has 1 aliphatic rings. The van der Waals surface area contributed by atoms with Crippen LogP contribution in [0.1, 0.15) is 6.42 Å². The molecule has 0 bridgehead atoms. The molecule has 28 heavy (non-hydrogen) atoms. The molecule has 1 saturated heterocycles. The Hall–Kier alpha value is -3.35. The van der Waals surface area contributed by atoms with Crippen molar-refractivity contribution in [3.63, 3.8) is 0 Å². The van der Waals surface area contributed by atoms with E-state index >= 15 is 0 Å². The molecule has 1 atom stereocenters. The lowest BCUT2D eigenvalue weighted by molar-refractivity contribution is 0.244. The van der Waals surface area contributed by atoms with Crippen LogP contribution in [0.2, 0.25) is 0 Å². The summed E-state index contributed by atoms with van der Waals surface area (Å²) >= 11 is 0. The number of hydrogen-bond donors (Lipinski definition) is 1. The first-order chi connectivity index (χ1) is 13.7. The van der Waals surface area contributed by atoms with Gasteiger partial charge in [0, 0.05) is 50.2 Å². The van der Waals surface area contributed by atoms with E-state index in [0.29, 0.717) is 0 Å². The molecule has 1 fully saturated rings. The summed E-state index contributed by atoms with van der Waals surface area (Å²) in [6, 6.07) is 11.6. The van der Waals surface area contributed by atoms with Crippen molar-refractivity contribution >= 4 is 28.3 Å². The molecule has 0 unspecified atom stereocenters. The zero-order chi connectivity index (χ0) is 19.5. The van der Waals surface area contributed by atoms with Crippen molar-refractivity contribution in [2.24, 2.45) is 0 Å². The van der Waals surface area contributed by atoms with E-state index in [-0.39, 0.29) is 12.1 Å². The molecule has 3 aromatic rings. The fourth-order valence-electron chi connectivity index (χ4n) is 3.64. The molecule has 2 aromatic heterocycles. The predicted molar refractivity (Wildman–Crippen MR) is 110 cm³/mol. The Morgan fingerprint density at radius 1 is 1.25 bits per heavy atom. The zero-order valence-corrected chi connectivity index (χ0v) is 16.0. The maximum absolute atomic E-state index is 12.8. The van der Waals surface area contributed by atoms with E-state index in [1.807, 2.05) is 36.4 Å². The lowest BCUT2D eigenvalue weighted by Crippen LogP contribution is -2.44. The standard InChI is InChI=1S/C21H23N5O2/c1-25(18-8-11-23-17-7-10-22-13-16(17)18)21(27)24-15-9-12-26(14-15)19-5-3-4-6-20(19)28-2/h3-8,10-11,13,15H,9,12,14H2,1-2H3,(H,24,27)/t15-/m0/s1. The van der Waals surface area contributed by atoms with Crippen LogP contribution in [-0.2, 0) is 0 Å². The monoisotopic (exact) mass is 377 g/mol. The number of methoxy groups -OCH3 is 1. The average molecular weight is 377 g/mol. The van der Waals surface area contributed by atoms with Crippen LogP contribution in [0, 0.1) is 0 Å². The number of anilines is 2. The van der Waals surface area contributed by atoms with Crippen molar-refractivity contribution in [1.82, 2.24) is 15.3 Å². The van der Waals surface area contributed by atoms with Crippen LogP contribution in [0.15, 0.2) is 55.0 Å². The molecule has 7 heteroatoms. The van der Waals surface area contributed by atoms with Gasteiger partial charge < -0.3 is 15.0 Å². The highest BCUT2D eigenvalue weighted by molar-refractivity contribution is 6.01. The second kappa shape index (κ2) is 7.72. The SMILES string of the molecule is COc1ccccc1N1CC[C@H](NC(=O)N(C)c2ccnc3ccncc23)C1. The summed E-state index contributed by atoms with van der Waals surface area (Å²) in [5.74, 6) is 0.849. The van der Waals surface area contributed by atoms with Crippen molar-refractivity contribution in [3.8, 4) is 5.75 Å². The first-order valence-electron chi connectivity index (χ1n) is 9.28. The molecular formula is C21H23N5O2. The van der Waals surface area contributed by atoms with Gasteiger partial charge in [0.25, 0.3) is 0 Å². The van der Waals surface area contributed by atoms with Gasteiger partial charge >= 0.3 is 6.03 Å². The minimum Gasteiger partial charge on any atom is -0.495 e. The van der Waals surface area contributed by atoms with E-state index in [0.717, 1.165) is 47.5 Å². The Kier molecular flexibility index (Phi) is 4.97. The molecule has 0 saturated carbocycles. The maximum atomic E-state index is 12.8. The Morgan fingerprint density at radius 3 is 2.96 bits per heavy atom. The van der Waals surface area contributed by atoms with E-state index < -0.39 is 0 Å². The number of urea groups is 1. The number of para-hydroxylation sites is 2. The van der Waals surface area contributed by atoms with Crippen LogP contribution in [-0.4, -0.2) is 49.3 Å². The number of rotatable bonds is 4. The van der Waals surface area contributed by atoms with Crippen LogP contribution in [0.4, 0.5) is 16.2 Å². The summed E-state index contributed by atoms with van der Waals surface area (Å²) in [5.41, 5.74) is 2.66. The Labute approximate surface area is 164 Å². The van der Waals surface area contributed by atoms with Gasteiger partial charge in [0.05, 0.1) is 24.0 Å². The number of pyridine rings is 2. The number of amides is 2. The van der Waals surface area contributed by atoms with Gasteiger partial charge in [-0.15, -0.1) is 0 Å². The molecule has 2 amide bonds. The van der Waals surface area contributed by atoms with Crippen molar-refractivity contribution in [3.05, 3.63) is 55.0 Å². The van der Waals surface area contributed by atoms with Gasteiger partial charge in [-0.2, -0.15) is 0 Å². The number of benzene rings is 1. The fraction of sp³-hybridized carbons (Fsp3) is 0.286. The third-order valence-corrected chi connectivity index (χ3v) is 5.13. The molecule has 0 aliphatic carbocycles. The molecule has 1 aliphatic heterocycles. The van der Waals surface area contributed by atoms with Gasteiger partial charge in [0.15, 0.2) is 0 Å². The quantitative estimate of drug-likeness (QED) is 0.757. The molecule has 1 aromatic carbocycles. The van der Waals surface area contributed by atoms with E-state index in [9.17, 15) is 4.79 Å². The Bertz CT molecular complexity index is 988. The van der Waals surface area contributed by atoms with Crippen LogP contribution < -0.4 is 19.9 Å². The molecule has 1 N–H and O–H groups in total. The van der Waals surface area contributed by atoms with Gasteiger partial charge in [-0.05, 0) is 30.7 Å². The predicted octanol–water partition coefficient (Wildman–Crippen LogP) is 3.06. The summed E-state index contributed by atoms with van der Waals surface area (Å²) in [6.07, 6.45) is 6.03. The molecule has 7 nitrogen and oxygen atoms in total. The van der Waals surface area contributed by atoms with Crippen LogP contribution in [0.3, 0.4) is 0 Å². The number of aromatic nitrogens is 2. The highest BCUT2D eigenvalue weighted by Gasteiger charge is 2.27. The van der Waals surface area contributed by atoms with Gasteiger partial charge in [0.1, 0.15) is 5.75 Å². The Balaban J connectivity index is 1.45. The first kappa shape index (κ1) is 18.0. The summed E-state index contributed by atoms with van der Waals surface area (Å²) in [5, 5.41) is 3.99. The molecule has 4 rings (SSSR count). The highest BCUT2D eigenvalue weighted by atomic mass is 16.5. The molecule has 3 heterocycles. The van der Waals surface area contributed by atoms with E-state index in [4.69, 9.17) is 4.74 Å². The van der Waals surface area contributed by atoms with Crippen LogP contribution in [0.25, 0.3) is 10.9 Å². The number of nitrogens with one attached hydrogen (secondary N) is 1. The number of hydrogen-bond acceptors (Lipinski definition) is 5. The van der Waals surface area contributed by atoms with Crippen molar-refractivity contribution in [2.45, 2.75) is 12.5 Å². The van der Waals surface area contributed by atoms with E-state index in [1.165, 1.54) is 0 Å². The van der Waals surface area contributed by atoms with Gasteiger partial charge in [0.2, 0.25) is 0 Å². The number of nitrogens with zero attached hydrogens (tertiary/aromatic N) is 4. The second-order valence-corrected chi connectivity index (χ2v) is 6.83. The molecular weight excluding hydrogens is 354 g/mol. The van der Waals surface area contributed by atoms with Gasteiger partial charge in [-0.1, -0.05) is 12.1 Å². The topological polar surface area (TPSA) is 70.6 Å². The third kappa shape index (κ3) is 3.43. The summed E-state index contributed by atoms with van der Waals surface area (Å²) < 4.78 is 5.46. The number of carbonyl (C=O) groups is 1. The van der Waals surface area contributed by atoms with Crippen molar-refractivity contribution < 1.29 is 9.53 Å². The minimum absolute atomic E-state index is 0.0751. The normalized spacial score (nSPS) is 16.2. The lowest BCUT2D eigenvalue weighted by Gasteiger charge is -2.23. The second-order valence-electron chi connectivity index (χ2n) is 6.83. The van der Waals surface area contributed by atoms with E-state index in [1.54, 1.807) is 37.6 Å². The first-order valence-corrected chi connectivity index (χ1v) is 9.28. The smallest absolute Gasteiger partial charge is 0.321 e. The summed E-state index contributed by atoms with van der Waals surface area (Å²) in [6.45, 7) is 1.62. The molecule has 0 radical (unpaired) electrons. The number of fused-ring (bicyclic) bond motifs is 1. The number of ether oxygens (including phenoxy) is 1. The lowest BCUT2D eigenvalue weighted by atomic mass is 10.2. The highest BCUT2D eigenvalue weighted by Crippen LogP contribution is 2.30. The third-order valence-electron chi connectivity index (χ3n) is 5.13. The molecule has 0 spiro atoms. The van der Waals surface area contributed by atoms with Crippen molar-refractivity contribution in [2.75, 3.05) is 37.0 Å². The summed E-state index contributed by atoms with van der Waals surface area (Å²) in [4.78, 5) is 25.2. The average Bonchev–Trinajstić information content (AvgIpc) is 3.21.